The van der Waals surface area contributed by atoms with Gasteiger partial charge >= 0.3 is 5.97 Å². The lowest BCUT2D eigenvalue weighted by Crippen LogP contribution is -2.53. The van der Waals surface area contributed by atoms with Gasteiger partial charge in [0, 0.05) is 52.3 Å². The van der Waals surface area contributed by atoms with Crippen molar-refractivity contribution in [3.63, 3.8) is 0 Å². The number of rotatable bonds is 5. The second-order valence-electron chi connectivity index (χ2n) is 11.7. The Morgan fingerprint density at radius 1 is 1.21 bits per heavy atom. The molecule has 4 heterocycles. The number of benzene rings is 3. The fraction of sp³-hybridized carbons (Fsp3) is 0.344. The molecule has 4 aliphatic rings. The highest BCUT2D eigenvalue weighted by atomic mass is 35.5. The van der Waals surface area contributed by atoms with Crippen LogP contribution in [-0.2, 0) is 16.8 Å². The number of halogens is 3. The number of nitrogens with zero attached hydrogens (tertiary/aromatic N) is 3. The van der Waals surface area contributed by atoms with Crippen LogP contribution in [0.15, 0.2) is 48.5 Å². The molecule has 1 saturated heterocycles. The van der Waals surface area contributed by atoms with Gasteiger partial charge in [0.15, 0.2) is 0 Å². The standard InChI is InChI=1S/C31H25Cl2FN4O4.CH4/c1-42-25-11-17-21(10-18(25)29(39)40)36-38-23(17)12-24-28(38)26(16-3-2-4-20(33)27(16)34)31(37(24)13-14-5-6-14)19-8-7-15(32)9-22(19)35-30(31)41;/h2-4,7-11,14,24,26,28H,5-6,12-13H2,1H3,(H,35,41)(H,39,40);1H4/t24-,26-,28+,31+;/m0./s1. The molecule has 2 fully saturated rings. The van der Waals surface area contributed by atoms with Crippen LogP contribution in [0, 0.1) is 11.7 Å². The highest BCUT2D eigenvalue weighted by Crippen LogP contribution is 2.64. The first kappa shape index (κ1) is 28.1. The number of carboxylic acid groups (broad SMARTS) is 1. The minimum Gasteiger partial charge on any atom is -0.496 e. The highest BCUT2D eigenvalue weighted by molar-refractivity contribution is 6.31. The van der Waals surface area contributed by atoms with Gasteiger partial charge in [-0.25, -0.2) is 9.18 Å². The molecule has 1 saturated carbocycles. The molecule has 1 amide bonds. The molecule has 222 valence electrons. The Bertz CT molecular complexity index is 1860. The van der Waals surface area contributed by atoms with E-state index in [1.807, 2.05) is 10.7 Å². The predicted octanol–water partition coefficient (Wildman–Crippen LogP) is 6.65. The predicted molar refractivity (Wildman–Crippen MR) is 162 cm³/mol. The molecule has 11 heteroatoms. The summed E-state index contributed by atoms with van der Waals surface area (Å²) in [6.07, 6.45) is 2.68. The van der Waals surface area contributed by atoms with Crippen LogP contribution in [0.1, 0.15) is 59.4 Å². The van der Waals surface area contributed by atoms with Crippen molar-refractivity contribution in [2.24, 2.45) is 5.92 Å². The van der Waals surface area contributed by atoms with Crippen molar-refractivity contribution in [1.29, 1.82) is 0 Å². The van der Waals surface area contributed by atoms with Gasteiger partial charge in [-0.1, -0.05) is 48.8 Å². The van der Waals surface area contributed by atoms with Crippen LogP contribution in [-0.4, -0.2) is 51.4 Å². The molecule has 43 heavy (non-hydrogen) atoms. The van der Waals surface area contributed by atoms with Crippen molar-refractivity contribution >= 4 is 51.7 Å². The number of aromatic carboxylic acids is 1. The SMILES string of the molecule is C.COc1cc2c3n(nc2cc1C(=O)O)[C@@H]1[C@H](C3)N(CC2CC2)[C@@]2(C(=O)Nc3cc(Cl)ccc32)[C@H]1c1cccc(Cl)c1F. The maximum absolute atomic E-state index is 16.1. The van der Waals surface area contributed by atoms with Gasteiger partial charge in [-0.15, -0.1) is 0 Å². The first-order chi connectivity index (χ1) is 20.2. The first-order valence-electron chi connectivity index (χ1n) is 13.9. The van der Waals surface area contributed by atoms with E-state index in [9.17, 15) is 14.7 Å². The molecule has 4 aromatic rings. The average molecular weight is 624 g/mol. The maximum atomic E-state index is 16.1. The van der Waals surface area contributed by atoms with Crippen LogP contribution in [0.4, 0.5) is 10.1 Å². The number of hydrogen-bond donors (Lipinski definition) is 2. The van der Waals surface area contributed by atoms with Crippen LogP contribution in [0.3, 0.4) is 0 Å². The first-order valence-corrected chi connectivity index (χ1v) is 14.6. The summed E-state index contributed by atoms with van der Waals surface area (Å²) in [5, 5.41) is 19.0. The third-order valence-electron chi connectivity index (χ3n) is 9.53. The van der Waals surface area contributed by atoms with Crippen molar-refractivity contribution in [3.05, 3.63) is 86.8 Å². The molecule has 8 rings (SSSR count). The van der Waals surface area contributed by atoms with E-state index in [4.69, 9.17) is 33.0 Å². The van der Waals surface area contributed by atoms with E-state index < -0.39 is 29.3 Å². The van der Waals surface area contributed by atoms with E-state index in [1.54, 1.807) is 30.3 Å². The van der Waals surface area contributed by atoms with Crippen LogP contribution in [0.5, 0.6) is 5.75 Å². The average Bonchev–Trinajstić information content (AvgIpc) is 3.41. The number of carbonyl (C=O) groups is 2. The molecule has 0 unspecified atom stereocenters. The minimum absolute atomic E-state index is 0. The molecule has 3 aliphatic heterocycles. The van der Waals surface area contributed by atoms with E-state index >= 15 is 4.39 Å². The zero-order chi connectivity index (χ0) is 29.1. The summed E-state index contributed by atoms with van der Waals surface area (Å²) in [6.45, 7) is 0.671. The number of fused-ring (bicyclic) bond motifs is 7. The van der Waals surface area contributed by atoms with Crippen LogP contribution >= 0.6 is 23.2 Å². The number of amides is 1. The Hall–Kier alpha value is -3.66. The van der Waals surface area contributed by atoms with Crippen LogP contribution < -0.4 is 10.1 Å². The maximum Gasteiger partial charge on any atom is 0.339 e. The summed E-state index contributed by atoms with van der Waals surface area (Å²) in [5.74, 6) is -1.94. The second-order valence-corrected chi connectivity index (χ2v) is 12.5. The molecule has 2 N–H and O–H groups in total. The summed E-state index contributed by atoms with van der Waals surface area (Å²) >= 11 is 12.7. The number of aromatic nitrogens is 2. The fourth-order valence-electron chi connectivity index (χ4n) is 7.71. The van der Waals surface area contributed by atoms with E-state index in [1.165, 1.54) is 19.2 Å². The zero-order valence-electron chi connectivity index (χ0n) is 22.4. The third-order valence-corrected chi connectivity index (χ3v) is 10.1. The molecule has 8 nitrogen and oxygen atoms in total. The number of carboxylic acids is 1. The summed E-state index contributed by atoms with van der Waals surface area (Å²) in [4.78, 5) is 28.6. The molecule has 1 aromatic heterocycles. The molecule has 0 bridgehead atoms. The number of nitrogens with one attached hydrogen (secondary N) is 1. The number of ether oxygens (including phenoxy) is 1. The lowest BCUT2D eigenvalue weighted by molar-refractivity contribution is -0.128. The topological polar surface area (TPSA) is 96.7 Å². The van der Waals surface area contributed by atoms with Crippen LogP contribution in [0.2, 0.25) is 10.0 Å². The van der Waals surface area contributed by atoms with Gasteiger partial charge < -0.3 is 15.2 Å². The van der Waals surface area contributed by atoms with Crippen molar-refractivity contribution < 1.29 is 23.8 Å². The molecular weight excluding hydrogens is 594 g/mol. The Labute approximate surface area is 257 Å². The van der Waals surface area contributed by atoms with E-state index in [2.05, 4.69) is 10.2 Å². The molecule has 4 atom stereocenters. The molecule has 1 spiro atoms. The smallest absolute Gasteiger partial charge is 0.339 e. The fourth-order valence-corrected chi connectivity index (χ4v) is 8.06. The number of anilines is 1. The number of hydrogen-bond acceptors (Lipinski definition) is 5. The number of likely N-dealkylation sites (tertiary alicyclic amines) is 1. The van der Waals surface area contributed by atoms with Gasteiger partial charge in [0.1, 0.15) is 22.7 Å². The summed E-state index contributed by atoms with van der Waals surface area (Å²) in [7, 11) is 1.44. The Balaban J connectivity index is 0.00000300. The molecule has 3 aromatic carbocycles. The number of carbonyl (C=O) groups excluding carboxylic acids is 1. The zero-order valence-corrected chi connectivity index (χ0v) is 23.9. The molecular formula is C32H29Cl2FN4O4. The van der Waals surface area contributed by atoms with Crippen molar-refractivity contribution in [2.75, 3.05) is 19.0 Å². The summed E-state index contributed by atoms with van der Waals surface area (Å²) in [6, 6.07) is 12.9. The summed E-state index contributed by atoms with van der Waals surface area (Å²) < 4.78 is 23.4. The van der Waals surface area contributed by atoms with Crippen molar-refractivity contribution in [3.8, 4) is 5.75 Å². The van der Waals surface area contributed by atoms with Gasteiger partial charge in [-0.3, -0.25) is 14.4 Å². The second kappa shape index (κ2) is 9.67. The van der Waals surface area contributed by atoms with Gasteiger partial charge in [0.05, 0.1) is 23.7 Å². The Morgan fingerprint density at radius 2 is 2.00 bits per heavy atom. The third kappa shape index (κ3) is 3.74. The van der Waals surface area contributed by atoms with Gasteiger partial charge in [-0.05, 0) is 54.7 Å². The van der Waals surface area contributed by atoms with E-state index in [-0.39, 0.29) is 35.7 Å². The Kier molecular flexibility index (Phi) is 6.33. The van der Waals surface area contributed by atoms with Crippen molar-refractivity contribution in [2.45, 2.75) is 50.2 Å². The van der Waals surface area contributed by atoms with Gasteiger partial charge in [0.25, 0.3) is 0 Å². The quantitative estimate of drug-likeness (QED) is 0.259. The monoisotopic (exact) mass is 622 g/mol. The van der Waals surface area contributed by atoms with Crippen molar-refractivity contribution in [1.82, 2.24) is 14.7 Å². The largest absolute Gasteiger partial charge is 0.496 e. The van der Waals surface area contributed by atoms with Gasteiger partial charge in [-0.2, -0.15) is 5.10 Å². The number of methoxy groups -OCH3 is 1. The van der Waals surface area contributed by atoms with E-state index in [0.29, 0.717) is 40.7 Å². The van der Waals surface area contributed by atoms with Gasteiger partial charge in [0.2, 0.25) is 5.91 Å². The minimum atomic E-state index is -1.23. The van der Waals surface area contributed by atoms with Crippen LogP contribution in [0.25, 0.3) is 10.9 Å². The highest BCUT2D eigenvalue weighted by Gasteiger charge is 2.69. The summed E-state index contributed by atoms with van der Waals surface area (Å²) in [5.41, 5.74) is 1.88. The molecule has 1 aliphatic carbocycles. The Morgan fingerprint density at radius 3 is 2.72 bits per heavy atom. The molecule has 0 radical (unpaired) electrons. The lowest BCUT2D eigenvalue weighted by atomic mass is 9.73. The lowest BCUT2D eigenvalue weighted by Gasteiger charge is -2.40. The van der Waals surface area contributed by atoms with E-state index in [0.717, 1.165) is 29.5 Å². The normalized spacial score (nSPS) is 25.4.